The molecule has 368 valence electrons. The zero-order chi connectivity index (χ0) is 50.5. The number of H-pyrrole nitrogens is 1. The van der Waals surface area contributed by atoms with E-state index in [0.29, 0.717) is 24.3 Å². The van der Waals surface area contributed by atoms with Crippen molar-refractivity contribution in [2.75, 3.05) is 23.8 Å². The van der Waals surface area contributed by atoms with Crippen LogP contribution in [0.5, 0.6) is 0 Å². The number of fused-ring (bicyclic) bond motifs is 1. The molecule has 5 atom stereocenters. The van der Waals surface area contributed by atoms with E-state index in [1.165, 1.54) is 39.9 Å². The van der Waals surface area contributed by atoms with E-state index in [2.05, 4.69) is 35.6 Å². The van der Waals surface area contributed by atoms with Crippen LogP contribution < -0.4 is 33.4 Å². The first-order valence-corrected chi connectivity index (χ1v) is 23.6. The Bertz CT molecular complexity index is 2410. The van der Waals surface area contributed by atoms with Gasteiger partial charge >= 0.3 is 23.9 Å². The Balaban J connectivity index is 1.67. The number of amides is 2. The fourth-order valence-corrected chi connectivity index (χ4v) is 8.62. The van der Waals surface area contributed by atoms with Crippen LogP contribution in [0.25, 0.3) is 11.2 Å². The van der Waals surface area contributed by atoms with E-state index < -0.39 is 127 Å². The van der Waals surface area contributed by atoms with Crippen LogP contribution in [0.15, 0.2) is 40.2 Å². The van der Waals surface area contributed by atoms with Gasteiger partial charge in [-0.15, -0.1) is 0 Å². The van der Waals surface area contributed by atoms with Crippen molar-refractivity contribution in [1.29, 1.82) is 0 Å². The zero-order valence-corrected chi connectivity index (χ0v) is 38.5. The standard InChI is InChI=1S/C42H54N10O14S2/c1-2-67-68-20-25(40(65)66)16-31(55)28(18-34(59)60)50-37(61)23(4-3-13-46-41(43)44)14-30(54)27(17-33(57)58)49-32(56)12-10-24(39(63)64)15-29(53)22-8-5-21(6-9-22)7-11-26-19-47-36-35(48-26)38(62)52-42(45)51-36/h5-6,8-9,19,23-25,27-28H,2-4,7,10-18,20H2,1H3,(H,49,56)(H,50,61)(H,57,58)(H,59,60)(H,63,64)(H,65,66)(H4,43,44,46)(H3,45,47,51,52,62)/t23-,24-,25+,27+,28+/m1/s1. The van der Waals surface area contributed by atoms with Gasteiger partial charge in [-0.05, 0) is 37.7 Å². The highest BCUT2D eigenvalue weighted by atomic mass is 33.1. The van der Waals surface area contributed by atoms with Gasteiger partial charge in [0.25, 0.3) is 5.56 Å². The Morgan fingerprint density at radius 2 is 1.38 bits per heavy atom. The van der Waals surface area contributed by atoms with Crippen LogP contribution in [0.2, 0.25) is 0 Å². The Labute approximate surface area is 395 Å². The monoisotopic (exact) mass is 986 g/mol. The number of guanidine groups is 1. The number of nitrogens with one attached hydrogen (secondary N) is 3. The number of carboxylic acids is 4. The molecule has 0 aliphatic heterocycles. The molecule has 0 saturated carbocycles. The van der Waals surface area contributed by atoms with Gasteiger partial charge in [0, 0.05) is 55.2 Å². The van der Waals surface area contributed by atoms with Gasteiger partial charge in [-0.1, -0.05) is 52.8 Å². The first-order chi connectivity index (χ1) is 32.2. The molecule has 0 unspecified atom stereocenters. The molecule has 3 aromatic rings. The topological polar surface area (TPSA) is 421 Å². The van der Waals surface area contributed by atoms with Crippen molar-refractivity contribution >= 4 is 97.7 Å². The molecule has 24 nitrogen and oxygen atoms in total. The maximum absolute atomic E-state index is 13.7. The maximum Gasteiger partial charge on any atom is 0.307 e. The first kappa shape index (κ1) is 55.4. The maximum atomic E-state index is 13.7. The number of nitrogens with zero attached hydrogens (tertiary/aromatic N) is 4. The minimum atomic E-state index is -1.73. The van der Waals surface area contributed by atoms with Crippen molar-refractivity contribution < 1.29 is 63.6 Å². The van der Waals surface area contributed by atoms with Crippen LogP contribution in [0, 0.1) is 17.8 Å². The van der Waals surface area contributed by atoms with Gasteiger partial charge in [0.1, 0.15) is 0 Å². The Kier molecular flexibility index (Phi) is 22.5. The quantitative estimate of drug-likeness (QED) is 0.0136. The van der Waals surface area contributed by atoms with E-state index in [-0.39, 0.29) is 60.2 Å². The largest absolute Gasteiger partial charge is 0.481 e. The lowest BCUT2D eigenvalue weighted by molar-refractivity contribution is -0.144. The molecule has 2 amide bonds. The molecule has 13 N–H and O–H groups in total. The summed E-state index contributed by atoms with van der Waals surface area (Å²) in [6.07, 6.45) is -2.41. The number of rotatable bonds is 32. The summed E-state index contributed by atoms with van der Waals surface area (Å²) in [5, 5.41) is 43.3. The van der Waals surface area contributed by atoms with Gasteiger partial charge in [-0.2, -0.15) is 4.98 Å². The first-order valence-electron chi connectivity index (χ1n) is 21.1. The van der Waals surface area contributed by atoms with Crippen LogP contribution in [-0.4, -0.2) is 129 Å². The minimum absolute atomic E-state index is 0.0189. The number of nitrogen functional groups attached to an aromatic ring is 1. The molecule has 2 heterocycles. The van der Waals surface area contributed by atoms with Crippen LogP contribution in [0.3, 0.4) is 0 Å². The van der Waals surface area contributed by atoms with Crippen molar-refractivity contribution in [3.05, 3.63) is 57.6 Å². The molecule has 0 aliphatic carbocycles. The molecule has 0 bridgehead atoms. The second-order valence-electron chi connectivity index (χ2n) is 15.5. The van der Waals surface area contributed by atoms with Gasteiger partial charge in [-0.25, -0.2) is 9.97 Å². The van der Waals surface area contributed by atoms with Crippen molar-refractivity contribution in [2.24, 2.45) is 34.2 Å². The van der Waals surface area contributed by atoms with E-state index in [0.717, 1.165) is 5.56 Å². The molecular formula is C42H54N10O14S2. The number of ketones is 3. The Morgan fingerprint density at radius 3 is 1.97 bits per heavy atom. The third-order valence-electron chi connectivity index (χ3n) is 10.2. The lowest BCUT2D eigenvalue weighted by Crippen LogP contribution is -2.47. The fraction of sp³-hybridized carbons (Fsp3) is 0.476. The van der Waals surface area contributed by atoms with E-state index in [4.69, 9.17) is 17.2 Å². The number of hydrogen-bond donors (Lipinski definition) is 10. The zero-order valence-electron chi connectivity index (χ0n) is 36.9. The van der Waals surface area contributed by atoms with E-state index in [9.17, 15) is 68.4 Å². The molecule has 3 rings (SSSR count). The summed E-state index contributed by atoms with van der Waals surface area (Å²) in [5.74, 6) is -13.6. The lowest BCUT2D eigenvalue weighted by Gasteiger charge is -2.23. The predicted octanol–water partition coefficient (Wildman–Crippen LogP) is 0.744. The van der Waals surface area contributed by atoms with Crippen LogP contribution in [0.4, 0.5) is 5.95 Å². The SMILES string of the molecule is CCSSC[C@H](CC(=O)[C@H](CC(=O)O)NC(=O)[C@H](CCCN=C(N)N)CC(=O)[C@H](CC(=O)O)NC(=O)CC[C@H](CC(=O)c1ccc(CCc2cnc3nc(N)[nH]c(=O)c3n2)cc1)C(=O)O)C(=O)O. The number of nitrogens with two attached hydrogens (primary N) is 3. The number of carbonyl (C=O) groups is 9. The summed E-state index contributed by atoms with van der Waals surface area (Å²) in [4.78, 5) is 145. The summed E-state index contributed by atoms with van der Waals surface area (Å²) in [6, 6.07) is 2.93. The van der Waals surface area contributed by atoms with Crippen LogP contribution in [0.1, 0.15) is 86.3 Å². The van der Waals surface area contributed by atoms with Crippen molar-refractivity contribution in [3.8, 4) is 0 Å². The van der Waals surface area contributed by atoms with Crippen molar-refractivity contribution in [1.82, 2.24) is 30.6 Å². The highest BCUT2D eigenvalue weighted by molar-refractivity contribution is 8.76. The highest BCUT2D eigenvalue weighted by Gasteiger charge is 2.34. The van der Waals surface area contributed by atoms with Gasteiger partial charge in [-0.3, -0.25) is 57.9 Å². The average molecular weight is 987 g/mol. The number of hydrogen-bond acceptors (Lipinski definition) is 17. The molecule has 26 heteroatoms. The molecule has 0 aliphatic rings. The molecule has 0 spiro atoms. The molecule has 1 aromatic carbocycles. The average Bonchev–Trinajstić information content (AvgIpc) is 3.26. The summed E-state index contributed by atoms with van der Waals surface area (Å²) in [6.45, 7) is 1.82. The van der Waals surface area contributed by atoms with E-state index >= 15 is 0 Å². The molecule has 0 radical (unpaired) electrons. The molecule has 0 saturated heterocycles. The number of aromatic nitrogens is 4. The Morgan fingerprint density at radius 1 is 0.765 bits per heavy atom. The number of benzene rings is 1. The third-order valence-corrected chi connectivity index (χ3v) is 12.8. The normalized spacial score (nSPS) is 13.2. The fourth-order valence-electron chi connectivity index (χ4n) is 6.65. The number of aryl methyl sites for hydroxylation is 2. The van der Waals surface area contributed by atoms with Crippen molar-refractivity contribution in [3.63, 3.8) is 0 Å². The van der Waals surface area contributed by atoms with Crippen LogP contribution >= 0.6 is 21.6 Å². The smallest absolute Gasteiger partial charge is 0.307 e. The lowest BCUT2D eigenvalue weighted by atomic mass is 9.91. The second kappa shape index (κ2) is 27.6. The summed E-state index contributed by atoms with van der Waals surface area (Å²) < 4.78 is 0. The molecule has 68 heavy (non-hydrogen) atoms. The molecular weight excluding hydrogens is 933 g/mol. The van der Waals surface area contributed by atoms with Gasteiger partial charge in [0.05, 0.1) is 48.7 Å². The van der Waals surface area contributed by atoms with Gasteiger partial charge < -0.3 is 48.3 Å². The molecule has 2 aromatic heterocycles. The number of Topliss-reactive ketones (excluding diaryl/α,β-unsaturated/α-hetero) is 3. The molecule has 0 fully saturated rings. The van der Waals surface area contributed by atoms with Gasteiger partial charge in [0.2, 0.25) is 17.8 Å². The van der Waals surface area contributed by atoms with E-state index in [1.807, 2.05) is 6.92 Å². The second-order valence-corrected chi connectivity index (χ2v) is 18.3. The minimum Gasteiger partial charge on any atom is -0.481 e. The number of carboxylic acid groups (broad SMARTS) is 4. The van der Waals surface area contributed by atoms with Gasteiger partial charge in [0.15, 0.2) is 34.5 Å². The van der Waals surface area contributed by atoms with Crippen LogP contribution in [-0.2, 0) is 51.2 Å². The Hall–Kier alpha value is -6.96. The third kappa shape index (κ3) is 19.1. The number of aliphatic carboxylic acids is 4. The number of carbonyl (C=O) groups excluding carboxylic acids is 5. The highest BCUT2D eigenvalue weighted by Crippen LogP contribution is 2.26. The number of aromatic amines is 1. The summed E-state index contributed by atoms with van der Waals surface area (Å²) >= 11 is 0. The number of anilines is 1. The van der Waals surface area contributed by atoms with Crippen molar-refractivity contribution in [2.45, 2.75) is 89.6 Å². The summed E-state index contributed by atoms with van der Waals surface area (Å²) in [7, 11) is 2.57. The number of aliphatic imine (C=N–C) groups is 1. The van der Waals surface area contributed by atoms with E-state index in [1.54, 1.807) is 12.1 Å². The predicted molar refractivity (Wildman–Crippen MR) is 248 cm³/mol. The summed E-state index contributed by atoms with van der Waals surface area (Å²) in [5.41, 5.74) is 17.4.